The molecule has 3 aromatic rings. The number of carbonyl (C=O) groups is 1. The van der Waals surface area contributed by atoms with Gasteiger partial charge in [0.05, 0.1) is 18.8 Å². The predicted molar refractivity (Wildman–Crippen MR) is 101 cm³/mol. The van der Waals surface area contributed by atoms with Crippen molar-refractivity contribution < 1.29 is 13.9 Å². The smallest absolute Gasteiger partial charge is 0.256 e. The van der Waals surface area contributed by atoms with Crippen LogP contribution in [0.4, 0.5) is 10.2 Å². The van der Waals surface area contributed by atoms with Crippen LogP contribution in [0.1, 0.15) is 41.4 Å². The summed E-state index contributed by atoms with van der Waals surface area (Å²) < 4.78 is 21.7. The molecule has 0 fully saturated rings. The number of carbonyl (C=O) groups excluding carboxylic acids is 1. The van der Waals surface area contributed by atoms with Crippen LogP contribution in [-0.4, -0.2) is 39.7 Å². The van der Waals surface area contributed by atoms with E-state index in [0.717, 1.165) is 29.9 Å². The van der Waals surface area contributed by atoms with Gasteiger partial charge in [-0.25, -0.2) is 13.9 Å². The van der Waals surface area contributed by atoms with E-state index in [1.54, 1.807) is 10.6 Å². The van der Waals surface area contributed by atoms with E-state index in [1.807, 2.05) is 20.0 Å². The van der Waals surface area contributed by atoms with Crippen LogP contribution in [0, 0.1) is 5.82 Å². The summed E-state index contributed by atoms with van der Waals surface area (Å²) in [6, 6.07) is 4.43. The average molecular weight is 381 g/mol. The lowest BCUT2D eigenvalue weighted by molar-refractivity contribution is 0.0933. The van der Waals surface area contributed by atoms with Crippen LogP contribution < -0.4 is 15.0 Å². The Morgan fingerprint density at radius 1 is 1.32 bits per heavy atom. The highest BCUT2D eigenvalue weighted by atomic mass is 19.1. The molecule has 0 aliphatic carbocycles. The number of halogens is 1. The minimum atomic E-state index is -0.305. The average Bonchev–Trinajstić information content (AvgIpc) is 3.28. The van der Waals surface area contributed by atoms with E-state index in [2.05, 4.69) is 15.3 Å². The van der Waals surface area contributed by atoms with Gasteiger partial charge in [0, 0.05) is 23.9 Å². The molecule has 1 N–H and O–H groups in total. The summed E-state index contributed by atoms with van der Waals surface area (Å²) in [6.07, 6.45) is 3.99. The van der Waals surface area contributed by atoms with Gasteiger partial charge >= 0.3 is 0 Å². The lowest BCUT2D eigenvalue weighted by atomic mass is 10.1. The van der Waals surface area contributed by atoms with Crippen LogP contribution in [0.5, 0.6) is 5.75 Å². The third kappa shape index (κ3) is 2.59. The molecule has 28 heavy (non-hydrogen) atoms. The van der Waals surface area contributed by atoms with Crippen LogP contribution in [0.15, 0.2) is 30.6 Å². The summed E-state index contributed by atoms with van der Waals surface area (Å²) in [5.74, 6) is 0.874. The van der Waals surface area contributed by atoms with Gasteiger partial charge in [0.25, 0.3) is 5.91 Å². The zero-order valence-electron chi connectivity index (χ0n) is 15.6. The topological polar surface area (TPSA) is 71.8 Å². The van der Waals surface area contributed by atoms with Gasteiger partial charge in [-0.3, -0.25) is 4.79 Å². The molecule has 5 rings (SSSR count). The number of aromatic nitrogens is 3. The maximum atomic E-state index is 14.0. The molecular weight excluding hydrogens is 361 g/mol. The van der Waals surface area contributed by atoms with Crippen LogP contribution >= 0.6 is 0 Å². The van der Waals surface area contributed by atoms with Crippen molar-refractivity contribution >= 4 is 17.4 Å². The number of nitrogens with zero attached hydrogens (tertiary/aromatic N) is 4. The van der Waals surface area contributed by atoms with Crippen molar-refractivity contribution in [2.75, 3.05) is 18.0 Å². The number of amides is 1. The standard InChI is InChI=1S/C20H20FN5O2/c1-11-8-22-20(27)16-9-23-26-10-13-5-6-25(18(13)24-19(16)26)12(2)15-7-14(21)3-4-17(15)28-11/h3-4,7,9-12H,5-6,8H2,1-2H3,(H,22,27)/t11-,12+/m0/s1. The summed E-state index contributed by atoms with van der Waals surface area (Å²) in [5.41, 5.74) is 2.76. The zero-order chi connectivity index (χ0) is 19.4. The second-order valence-electron chi connectivity index (χ2n) is 7.36. The maximum absolute atomic E-state index is 14.0. The molecule has 0 unspecified atom stereocenters. The molecule has 7 nitrogen and oxygen atoms in total. The molecule has 144 valence electrons. The fourth-order valence-electron chi connectivity index (χ4n) is 3.96. The second kappa shape index (κ2) is 6.19. The zero-order valence-corrected chi connectivity index (χ0v) is 15.6. The van der Waals surface area contributed by atoms with Crippen LogP contribution in [0.2, 0.25) is 0 Å². The summed E-state index contributed by atoms with van der Waals surface area (Å²) in [6.45, 7) is 4.96. The van der Waals surface area contributed by atoms with E-state index in [1.165, 1.54) is 18.3 Å². The highest BCUT2D eigenvalue weighted by Gasteiger charge is 2.30. The minimum Gasteiger partial charge on any atom is -0.489 e. The maximum Gasteiger partial charge on any atom is 0.256 e. The molecule has 2 aromatic heterocycles. The number of hydrogen-bond donors (Lipinski definition) is 1. The van der Waals surface area contributed by atoms with Crippen molar-refractivity contribution in [3.8, 4) is 5.75 Å². The molecular formula is C20H20FN5O2. The summed E-state index contributed by atoms with van der Waals surface area (Å²) in [7, 11) is 0. The van der Waals surface area contributed by atoms with Gasteiger partial charge in [-0.15, -0.1) is 0 Å². The van der Waals surface area contributed by atoms with E-state index in [4.69, 9.17) is 9.72 Å². The Kier molecular flexibility index (Phi) is 3.75. The number of fused-ring (bicyclic) bond motifs is 1. The van der Waals surface area contributed by atoms with Gasteiger partial charge in [-0.05, 0) is 38.5 Å². The Labute approximate surface area is 161 Å². The van der Waals surface area contributed by atoms with E-state index in [9.17, 15) is 9.18 Å². The second-order valence-corrected chi connectivity index (χ2v) is 7.36. The third-order valence-electron chi connectivity index (χ3n) is 5.45. The number of benzene rings is 1. The first-order valence-corrected chi connectivity index (χ1v) is 9.39. The van der Waals surface area contributed by atoms with Crippen LogP contribution in [0.3, 0.4) is 0 Å². The van der Waals surface area contributed by atoms with E-state index in [-0.39, 0.29) is 23.9 Å². The van der Waals surface area contributed by atoms with Gasteiger partial charge in [-0.1, -0.05) is 0 Å². The molecule has 0 saturated carbocycles. The summed E-state index contributed by atoms with van der Waals surface area (Å²) >= 11 is 0. The fraction of sp³-hybridized carbons (Fsp3) is 0.350. The Bertz CT molecular complexity index is 1100. The Morgan fingerprint density at radius 3 is 3.04 bits per heavy atom. The number of ether oxygens (including phenoxy) is 1. The molecule has 0 spiro atoms. The third-order valence-corrected chi connectivity index (χ3v) is 5.45. The number of rotatable bonds is 0. The molecule has 0 saturated heterocycles. The molecule has 0 radical (unpaired) electrons. The lowest BCUT2D eigenvalue weighted by Gasteiger charge is -2.29. The van der Waals surface area contributed by atoms with Crippen molar-refractivity contribution in [3.05, 3.63) is 53.1 Å². The van der Waals surface area contributed by atoms with Crippen molar-refractivity contribution in [1.82, 2.24) is 19.9 Å². The molecule has 8 heteroatoms. The Hall–Kier alpha value is -3.16. The lowest BCUT2D eigenvalue weighted by Crippen LogP contribution is -2.33. The molecule has 2 atom stereocenters. The fourth-order valence-corrected chi connectivity index (χ4v) is 3.96. The SMILES string of the molecule is C[C@@H]1c2cc(F)ccc2O[C@@H](C)CNC(=O)c2cnn3cc4c(nc23)N1CC4. The molecule has 2 bridgehead atoms. The van der Waals surface area contributed by atoms with Crippen molar-refractivity contribution in [2.24, 2.45) is 0 Å². The number of hydrogen-bond acceptors (Lipinski definition) is 5. The number of nitrogens with one attached hydrogen (secondary N) is 1. The molecule has 1 amide bonds. The Balaban J connectivity index is 1.70. The van der Waals surface area contributed by atoms with E-state index >= 15 is 0 Å². The van der Waals surface area contributed by atoms with Gasteiger partial charge in [0.1, 0.15) is 29.1 Å². The molecule has 4 heterocycles. The molecule has 2 aliphatic heterocycles. The minimum absolute atomic E-state index is 0.134. The van der Waals surface area contributed by atoms with Gasteiger partial charge in [0.2, 0.25) is 0 Å². The normalized spacial score (nSPS) is 21.5. The quantitative estimate of drug-likeness (QED) is 0.648. The first kappa shape index (κ1) is 17.0. The largest absolute Gasteiger partial charge is 0.489 e. The number of anilines is 1. The van der Waals surface area contributed by atoms with E-state index < -0.39 is 0 Å². The first-order chi connectivity index (χ1) is 13.5. The summed E-state index contributed by atoms with van der Waals surface area (Å²) in [4.78, 5) is 19.6. The molecule has 1 aromatic carbocycles. The van der Waals surface area contributed by atoms with Gasteiger partial charge in [0.15, 0.2) is 5.65 Å². The summed E-state index contributed by atoms with van der Waals surface area (Å²) in [5, 5.41) is 7.17. The van der Waals surface area contributed by atoms with Crippen LogP contribution in [0.25, 0.3) is 5.65 Å². The van der Waals surface area contributed by atoms with Gasteiger partial charge in [-0.2, -0.15) is 5.10 Å². The first-order valence-electron chi connectivity index (χ1n) is 9.39. The monoisotopic (exact) mass is 381 g/mol. The van der Waals surface area contributed by atoms with Crippen molar-refractivity contribution in [3.63, 3.8) is 0 Å². The van der Waals surface area contributed by atoms with Crippen molar-refractivity contribution in [2.45, 2.75) is 32.4 Å². The van der Waals surface area contributed by atoms with Crippen molar-refractivity contribution in [1.29, 1.82) is 0 Å². The Morgan fingerprint density at radius 2 is 2.18 bits per heavy atom. The highest BCUT2D eigenvalue weighted by molar-refractivity contribution is 5.99. The highest BCUT2D eigenvalue weighted by Crippen LogP contribution is 2.38. The van der Waals surface area contributed by atoms with Gasteiger partial charge < -0.3 is 15.0 Å². The molecule has 2 aliphatic rings. The predicted octanol–water partition coefficient (Wildman–Crippen LogP) is 2.50. The van der Waals surface area contributed by atoms with Crippen LogP contribution in [-0.2, 0) is 6.42 Å². The van der Waals surface area contributed by atoms with E-state index in [0.29, 0.717) is 23.5 Å².